The van der Waals surface area contributed by atoms with Crippen LogP contribution in [0.5, 0.6) is 5.75 Å². The molecule has 2 rings (SSSR count). The Balaban J connectivity index is 2.40. The largest absolute Gasteiger partial charge is 0.508 e. The first-order valence-corrected chi connectivity index (χ1v) is 7.66. The van der Waals surface area contributed by atoms with Gasteiger partial charge in [-0.1, -0.05) is 12.1 Å². The van der Waals surface area contributed by atoms with Gasteiger partial charge in [-0.05, 0) is 58.2 Å². The van der Waals surface area contributed by atoms with E-state index in [-0.39, 0.29) is 11.8 Å². The Morgan fingerprint density at radius 1 is 1.30 bits per heavy atom. The summed E-state index contributed by atoms with van der Waals surface area (Å²) in [5, 5.41) is 9.44. The van der Waals surface area contributed by atoms with E-state index in [1.54, 1.807) is 52.0 Å². The molecule has 0 unspecified atom stereocenters. The van der Waals surface area contributed by atoms with Crippen molar-refractivity contribution >= 4 is 12.0 Å². The van der Waals surface area contributed by atoms with Crippen LogP contribution in [0.1, 0.15) is 52.1 Å². The van der Waals surface area contributed by atoms with Gasteiger partial charge in [0, 0.05) is 0 Å². The van der Waals surface area contributed by atoms with Crippen LogP contribution in [0.3, 0.4) is 0 Å². The second-order valence-electron chi connectivity index (χ2n) is 7.13. The number of carbonyl (C=O) groups excluding carboxylic acids is 2. The van der Waals surface area contributed by atoms with E-state index in [9.17, 15) is 14.7 Å². The van der Waals surface area contributed by atoms with Gasteiger partial charge < -0.3 is 15.6 Å². The molecule has 1 aromatic rings. The molecule has 0 spiro atoms. The summed E-state index contributed by atoms with van der Waals surface area (Å²) in [6.07, 6.45) is 0.505. The molecule has 2 amide bonds. The maximum absolute atomic E-state index is 12.7. The Morgan fingerprint density at radius 2 is 1.87 bits per heavy atom. The molecule has 1 aliphatic rings. The van der Waals surface area contributed by atoms with Gasteiger partial charge in [-0.2, -0.15) is 0 Å². The highest BCUT2D eigenvalue weighted by molar-refractivity contribution is 5.89. The molecular weight excluding hydrogens is 296 g/mol. The molecule has 6 heteroatoms. The summed E-state index contributed by atoms with van der Waals surface area (Å²) in [6, 6.07) is 6.28. The number of primary amides is 1. The normalized spacial score (nSPS) is 24.5. The average Bonchev–Trinajstić information content (AvgIpc) is 2.77. The molecule has 1 saturated heterocycles. The smallest absolute Gasteiger partial charge is 0.411 e. The Bertz CT molecular complexity index is 606. The fourth-order valence-corrected chi connectivity index (χ4v) is 2.91. The van der Waals surface area contributed by atoms with Gasteiger partial charge in [-0.15, -0.1) is 0 Å². The summed E-state index contributed by atoms with van der Waals surface area (Å²) >= 11 is 0. The Kier molecular flexibility index (Phi) is 4.28. The third-order valence-electron chi connectivity index (χ3n) is 4.15. The van der Waals surface area contributed by atoms with Gasteiger partial charge in [-0.25, -0.2) is 4.79 Å². The third-order valence-corrected chi connectivity index (χ3v) is 4.15. The number of amides is 2. The van der Waals surface area contributed by atoms with Gasteiger partial charge >= 0.3 is 6.09 Å². The quantitative estimate of drug-likeness (QED) is 0.876. The van der Waals surface area contributed by atoms with E-state index in [1.807, 2.05) is 0 Å². The molecule has 1 aromatic carbocycles. The summed E-state index contributed by atoms with van der Waals surface area (Å²) < 4.78 is 5.47. The van der Waals surface area contributed by atoms with Crippen LogP contribution in [0.25, 0.3) is 0 Å². The van der Waals surface area contributed by atoms with Gasteiger partial charge in [0.05, 0.1) is 6.04 Å². The summed E-state index contributed by atoms with van der Waals surface area (Å²) in [6.45, 7) is 6.99. The number of phenols is 1. The molecule has 6 nitrogen and oxygen atoms in total. The summed E-state index contributed by atoms with van der Waals surface area (Å²) in [5.74, 6) is -0.405. The molecule has 0 aromatic heterocycles. The molecule has 1 fully saturated rings. The van der Waals surface area contributed by atoms with Crippen molar-refractivity contribution < 1.29 is 19.4 Å². The lowest BCUT2D eigenvalue weighted by atomic mass is 9.98. The number of nitrogens with zero attached hydrogens (tertiary/aromatic N) is 1. The van der Waals surface area contributed by atoms with Crippen molar-refractivity contribution in [3.05, 3.63) is 29.8 Å². The number of likely N-dealkylation sites (tertiary alicyclic amines) is 1. The highest BCUT2D eigenvalue weighted by Crippen LogP contribution is 2.43. The van der Waals surface area contributed by atoms with Gasteiger partial charge in [0.2, 0.25) is 5.91 Å². The van der Waals surface area contributed by atoms with E-state index in [0.29, 0.717) is 12.8 Å². The van der Waals surface area contributed by atoms with E-state index < -0.39 is 23.1 Å². The predicted molar refractivity (Wildman–Crippen MR) is 85.8 cm³/mol. The highest BCUT2D eigenvalue weighted by Gasteiger charge is 2.51. The second kappa shape index (κ2) is 5.76. The van der Waals surface area contributed by atoms with Crippen LogP contribution in [0.2, 0.25) is 0 Å². The van der Waals surface area contributed by atoms with Gasteiger partial charge in [0.25, 0.3) is 0 Å². The van der Waals surface area contributed by atoms with Crippen LogP contribution in [0.15, 0.2) is 24.3 Å². The molecule has 126 valence electrons. The number of hydrogen-bond acceptors (Lipinski definition) is 4. The fourth-order valence-electron chi connectivity index (χ4n) is 2.91. The predicted octanol–water partition coefficient (Wildman–Crippen LogP) is 2.71. The van der Waals surface area contributed by atoms with Crippen molar-refractivity contribution in [2.75, 3.05) is 0 Å². The number of phenolic OH excluding ortho intramolecular Hbond substituents is 1. The van der Waals surface area contributed by atoms with Crippen LogP contribution >= 0.6 is 0 Å². The van der Waals surface area contributed by atoms with Crippen molar-refractivity contribution in [2.24, 2.45) is 5.73 Å². The van der Waals surface area contributed by atoms with Crippen molar-refractivity contribution in [1.29, 1.82) is 0 Å². The number of ether oxygens (including phenoxy) is 1. The summed E-state index contributed by atoms with van der Waals surface area (Å²) in [5.41, 5.74) is 4.63. The lowest BCUT2D eigenvalue weighted by molar-refractivity contribution is -0.128. The molecule has 0 saturated carbocycles. The summed E-state index contributed by atoms with van der Waals surface area (Å²) in [4.78, 5) is 26.1. The number of rotatable bonds is 2. The van der Waals surface area contributed by atoms with Crippen LogP contribution < -0.4 is 5.73 Å². The minimum Gasteiger partial charge on any atom is -0.508 e. The molecule has 0 aliphatic carbocycles. The van der Waals surface area contributed by atoms with Gasteiger partial charge in [0.15, 0.2) is 0 Å². The van der Waals surface area contributed by atoms with Crippen molar-refractivity contribution in [3.63, 3.8) is 0 Å². The number of hydrogen-bond donors (Lipinski definition) is 2. The molecule has 2 atom stereocenters. The van der Waals surface area contributed by atoms with Crippen LogP contribution in [0, 0.1) is 0 Å². The lowest BCUT2D eigenvalue weighted by Gasteiger charge is -2.37. The molecule has 1 heterocycles. The lowest BCUT2D eigenvalue weighted by Crippen LogP contribution is -2.55. The summed E-state index contributed by atoms with van der Waals surface area (Å²) in [7, 11) is 0. The maximum atomic E-state index is 12.7. The minimum atomic E-state index is -1.09. The minimum absolute atomic E-state index is 0.147. The zero-order valence-corrected chi connectivity index (χ0v) is 14.0. The first-order chi connectivity index (χ1) is 10.5. The Labute approximate surface area is 136 Å². The average molecular weight is 320 g/mol. The van der Waals surface area contributed by atoms with Crippen molar-refractivity contribution in [1.82, 2.24) is 4.90 Å². The van der Waals surface area contributed by atoms with E-state index in [4.69, 9.17) is 10.5 Å². The number of aromatic hydroxyl groups is 1. The number of benzene rings is 1. The number of nitrogens with two attached hydrogens (primary N) is 1. The van der Waals surface area contributed by atoms with E-state index >= 15 is 0 Å². The van der Waals surface area contributed by atoms with Crippen LogP contribution in [-0.2, 0) is 9.53 Å². The zero-order valence-electron chi connectivity index (χ0n) is 14.0. The van der Waals surface area contributed by atoms with Crippen LogP contribution in [-0.4, -0.2) is 33.1 Å². The van der Waals surface area contributed by atoms with Crippen LogP contribution in [0.4, 0.5) is 4.79 Å². The van der Waals surface area contributed by atoms with Gasteiger partial charge in [0.1, 0.15) is 16.9 Å². The monoisotopic (exact) mass is 320 g/mol. The van der Waals surface area contributed by atoms with E-state index in [2.05, 4.69) is 0 Å². The zero-order chi connectivity index (χ0) is 17.4. The topological polar surface area (TPSA) is 92.9 Å². The first-order valence-electron chi connectivity index (χ1n) is 7.66. The van der Waals surface area contributed by atoms with E-state index in [0.717, 1.165) is 5.56 Å². The molecule has 0 radical (unpaired) electrons. The molecule has 23 heavy (non-hydrogen) atoms. The maximum Gasteiger partial charge on any atom is 0.411 e. The molecule has 3 N–H and O–H groups in total. The van der Waals surface area contributed by atoms with Crippen molar-refractivity contribution in [2.45, 2.75) is 57.7 Å². The Hall–Kier alpha value is -2.24. The van der Waals surface area contributed by atoms with Gasteiger partial charge in [-0.3, -0.25) is 9.69 Å². The fraction of sp³-hybridized carbons (Fsp3) is 0.529. The molecule has 1 aliphatic heterocycles. The van der Waals surface area contributed by atoms with Crippen molar-refractivity contribution in [3.8, 4) is 5.75 Å². The molecular formula is C17H24N2O4. The second-order valence-corrected chi connectivity index (χ2v) is 7.13. The standard InChI is InChI=1S/C17H24N2O4/c1-16(2,3)23-15(22)19-13(9-10-17(19,4)14(18)21)11-5-7-12(20)8-6-11/h5-8,13,20H,9-10H2,1-4H3,(H2,18,21)/t13-,17+/m1/s1. The third kappa shape index (κ3) is 3.41. The SMILES string of the molecule is CC(C)(C)OC(=O)N1[C@@H](c2ccc(O)cc2)CC[C@@]1(C)C(N)=O. The van der Waals surface area contributed by atoms with E-state index in [1.165, 1.54) is 4.90 Å². The first kappa shape index (κ1) is 17.1. The highest BCUT2D eigenvalue weighted by atomic mass is 16.6. The number of carbonyl (C=O) groups is 2. The molecule has 0 bridgehead atoms. The Morgan fingerprint density at radius 3 is 2.35 bits per heavy atom.